The maximum absolute atomic E-state index is 15.1. The van der Waals surface area contributed by atoms with Gasteiger partial charge in [-0.1, -0.05) is 105 Å². The van der Waals surface area contributed by atoms with Crippen LogP contribution in [0.5, 0.6) is 0 Å². The molecule has 18 nitrogen and oxygen atoms in total. The molecule has 1 saturated carbocycles. The number of benzene rings is 3. The van der Waals surface area contributed by atoms with Gasteiger partial charge in [-0.2, -0.15) is 5.10 Å². The number of H-pyrrole nitrogens is 1. The van der Waals surface area contributed by atoms with Gasteiger partial charge in [-0.3, -0.25) is 38.6 Å². The summed E-state index contributed by atoms with van der Waals surface area (Å²) >= 11 is 0. The molecule has 0 spiro atoms. The summed E-state index contributed by atoms with van der Waals surface area (Å²) in [6.07, 6.45) is 8.90. The number of aromatic amines is 1. The van der Waals surface area contributed by atoms with Gasteiger partial charge in [0.25, 0.3) is 17.4 Å². The van der Waals surface area contributed by atoms with Crippen molar-refractivity contribution in [2.75, 3.05) is 111 Å². The summed E-state index contributed by atoms with van der Waals surface area (Å²) in [5, 5.41) is 14.4. The first-order valence-electron chi connectivity index (χ1n) is 31.2. The van der Waals surface area contributed by atoms with Gasteiger partial charge in [-0.25, -0.2) is 9.49 Å². The molecule has 2 atom stereocenters. The second kappa shape index (κ2) is 35.8. The van der Waals surface area contributed by atoms with Crippen LogP contribution in [0.4, 0.5) is 4.39 Å². The molecule has 1 aromatic heterocycles. The summed E-state index contributed by atoms with van der Waals surface area (Å²) < 4.78 is 20.6. The molecule has 19 heteroatoms. The molecule has 84 heavy (non-hydrogen) atoms. The van der Waals surface area contributed by atoms with E-state index in [0.717, 1.165) is 83.4 Å². The van der Waals surface area contributed by atoms with Crippen molar-refractivity contribution in [3.63, 3.8) is 0 Å². The first-order chi connectivity index (χ1) is 40.8. The Labute approximate surface area is 498 Å². The zero-order valence-corrected chi connectivity index (χ0v) is 51.6. The van der Waals surface area contributed by atoms with E-state index in [0.29, 0.717) is 118 Å². The Morgan fingerprint density at radius 3 is 1.96 bits per heavy atom. The number of rotatable bonds is 15. The number of carbonyl (C=O) groups is 6. The number of halogens is 1. The SMILES string of the molecule is C=O.CC.CC.CCC.CCC.O=C(NC(C(=O)N1CCN(CC2CCN(CC(=O)N3CCN(C(=O)c4cc(Cc5n[nH]c(=O)c6ccccc56)ccc4F)CC3)CC2)CC1)C1COC1)c1cccc(C2CCCN(C(=O)CNC3CC3)C2)c1. The maximum atomic E-state index is 15.1. The van der Waals surface area contributed by atoms with E-state index in [9.17, 15) is 28.8 Å². The number of piperazine rings is 2. The molecule has 0 bridgehead atoms. The van der Waals surface area contributed by atoms with Crippen LogP contribution in [0.15, 0.2) is 71.5 Å². The third-order valence-corrected chi connectivity index (χ3v) is 15.8. The third-order valence-electron chi connectivity index (χ3n) is 15.8. The first kappa shape index (κ1) is 68.4. The lowest BCUT2D eigenvalue weighted by atomic mass is 9.89. The summed E-state index contributed by atoms with van der Waals surface area (Å²) in [5.74, 6) is -0.650. The fourth-order valence-corrected chi connectivity index (χ4v) is 11.1. The van der Waals surface area contributed by atoms with Crippen molar-refractivity contribution in [3.8, 4) is 0 Å². The van der Waals surface area contributed by atoms with Crippen LogP contribution in [-0.2, 0) is 30.3 Å². The normalized spacial score (nSPS) is 18.7. The summed E-state index contributed by atoms with van der Waals surface area (Å²) in [5.41, 5.74) is 2.56. The maximum Gasteiger partial charge on any atom is 0.272 e. The molecule has 462 valence electrons. The summed E-state index contributed by atoms with van der Waals surface area (Å²) in [7, 11) is 0. The molecule has 5 saturated heterocycles. The van der Waals surface area contributed by atoms with Gasteiger partial charge in [0.05, 0.1) is 42.9 Å². The Hall–Kier alpha value is -6.41. The van der Waals surface area contributed by atoms with E-state index >= 15 is 4.39 Å². The lowest BCUT2D eigenvalue weighted by Gasteiger charge is -2.41. The van der Waals surface area contributed by atoms with Crippen LogP contribution < -0.4 is 16.2 Å². The zero-order chi connectivity index (χ0) is 61.1. The smallest absolute Gasteiger partial charge is 0.272 e. The van der Waals surface area contributed by atoms with Crippen LogP contribution in [0.1, 0.15) is 150 Å². The predicted octanol–water partition coefficient (Wildman–Crippen LogP) is 7.40. The van der Waals surface area contributed by atoms with Gasteiger partial charge < -0.3 is 39.8 Å². The molecule has 6 heterocycles. The number of ether oxygens (including phenoxy) is 1. The molecule has 1 aliphatic carbocycles. The van der Waals surface area contributed by atoms with E-state index in [2.05, 4.69) is 58.3 Å². The number of nitrogens with one attached hydrogen (secondary N) is 3. The van der Waals surface area contributed by atoms with Crippen LogP contribution >= 0.6 is 0 Å². The molecule has 6 fully saturated rings. The number of fused-ring (bicyclic) bond motifs is 1. The van der Waals surface area contributed by atoms with Crippen LogP contribution in [-0.4, -0.2) is 199 Å². The molecular formula is C65H97FN10O8. The van der Waals surface area contributed by atoms with Crippen LogP contribution in [0.25, 0.3) is 10.8 Å². The van der Waals surface area contributed by atoms with Crippen LogP contribution in [0.2, 0.25) is 0 Å². The minimum Gasteiger partial charge on any atom is -0.380 e. The monoisotopic (exact) mass is 1160 g/mol. The van der Waals surface area contributed by atoms with E-state index in [1.165, 1.54) is 18.9 Å². The Bertz CT molecular complexity index is 2750. The number of piperidine rings is 2. The van der Waals surface area contributed by atoms with E-state index in [-0.39, 0.29) is 46.6 Å². The second-order valence-electron chi connectivity index (χ2n) is 22.2. The second-order valence-corrected chi connectivity index (χ2v) is 22.2. The number of hydrogen-bond acceptors (Lipinski definition) is 12. The fraction of sp³-hybridized carbons (Fsp3) is 0.600. The number of hydrogen-bond donors (Lipinski definition) is 3. The van der Waals surface area contributed by atoms with E-state index in [1.54, 1.807) is 40.1 Å². The van der Waals surface area contributed by atoms with Crippen molar-refractivity contribution in [2.45, 2.75) is 131 Å². The van der Waals surface area contributed by atoms with E-state index < -0.39 is 17.8 Å². The Kier molecular flexibility index (Phi) is 29.1. The van der Waals surface area contributed by atoms with Gasteiger partial charge in [0, 0.05) is 107 Å². The average Bonchev–Trinajstić information content (AvgIpc) is 4.50. The van der Waals surface area contributed by atoms with Crippen molar-refractivity contribution in [1.82, 2.24) is 50.2 Å². The van der Waals surface area contributed by atoms with Gasteiger partial charge >= 0.3 is 0 Å². The van der Waals surface area contributed by atoms with Crippen molar-refractivity contribution < 1.29 is 37.9 Å². The standard InChI is InChI=1S/C54H67FN10O7.2C3H8.2C2H6.CH2O/c55-46-13-10-37(28-47-43-8-1-2-9-44(43)52(69)59-58-47)27-45(46)53(70)63-25-23-62(24-26-63)49(67)33-60-17-14-36(15-18-60)31-61-19-21-64(22-20-61)54(71)50(41-34-72-35-41)57-51(68)39-6-3-5-38(29-39)40-7-4-16-65(32-40)48(66)30-56-42-11-12-42;2*1-3-2;3*1-2/h1-3,5-6,8-10,13,27,29,36,40-42,50,56H,4,7,11-12,14-26,28,30-35H2,(H,57,68)(H,59,69);2*3H2,1-2H3;2*1-2H3;1H2. The lowest BCUT2D eigenvalue weighted by molar-refractivity contribution is -0.142. The topological polar surface area (TPSA) is 201 Å². The molecule has 10 rings (SSSR count). The first-order valence-corrected chi connectivity index (χ1v) is 31.2. The van der Waals surface area contributed by atoms with Gasteiger partial charge in [0.1, 0.15) is 18.6 Å². The van der Waals surface area contributed by atoms with E-state index in [4.69, 9.17) is 9.53 Å². The highest BCUT2D eigenvalue weighted by Gasteiger charge is 2.39. The van der Waals surface area contributed by atoms with Gasteiger partial charge in [0.15, 0.2) is 0 Å². The highest BCUT2D eigenvalue weighted by Crippen LogP contribution is 2.29. The molecule has 0 radical (unpaired) electrons. The minimum absolute atomic E-state index is 0.0262. The summed E-state index contributed by atoms with van der Waals surface area (Å²) in [6.45, 7) is 28.1. The molecule has 5 amide bonds. The highest BCUT2D eigenvalue weighted by molar-refractivity contribution is 5.98. The van der Waals surface area contributed by atoms with Gasteiger partial charge in [-0.15, -0.1) is 0 Å². The molecule has 3 N–H and O–H groups in total. The Morgan fingerprint density at radius 2 is 1.33 bits per heavy atom. The largest absolute Gasteiger partial charge is 0.380 e. The summed E-state index contributed by atoms with van der Waals surface area (Å²) in [6, 6.07) is 19.1. The quantitative estimate of drug-likeness (QED) is 0.107. The van der Waals surface area contributed by atoms with Crippen molar-refractivity contribution in [1.29, 1.82) is 0 Å². The molecule has 3 aromatic carbocycles. The molecule has 4 aromatic rings. The molecule has 2 unspecified atom stereocenters. The summed E-state index contributed by atoms with van der Waals surface area (Å²) in [4.78, 5) is 100. The van der Waals surface area contributed by atoms with E-state index in [1.807, 2.05) is 74.6 Å². The average molecular weight is 1170 g/mol. The number of carbonyl (C=O) groups excluding carboxylic acids is 6. The fourth-order valence-electron chi connectivity index (χ4n) is 11.1. The number of likely N-dealkylation sites (tertiary alicyclic amines) is 2. The Morgan fingerprint density at radius 1 is 0.702 bits per heavy atom. The molecule has 5 aliphatic heterocycles. The van der Waals surface area contributed by atoms with Crippen LogP contribution in [0.3, 0.4) is 0 Å². The lowest BCUT2D eigenvalue weighted by Crippen LogP contribution is -2.60. The van der Waals surface area contributed by atoms with Crippen LogP contribution in [0, 0.1) is 17.7 Å². The number of amides is 5. The highest BCUT2D eigenvalue weighted by atomic mass is 19.1. The Balaban J connectivity index is 0.00000100. The number of aromatic nitrogens is 2. The zero-order valence-electron chi connectivity index (χ0n) is 51.6. The van der Waals surface area contributed by atoms with Gasteiger partial charge in [0.2, 0.25) is 17.7 Å². The molecular weight excluding hydrogens is 1070 g/mol. The van der Waals surface area contributed by atoms with Crippen molar-refractivity contribution >= 4 is 47.1 Å². The third kappa shape index (κ3) is 19.6. The predicted molar refractivity (Wildman–Crippen MR) is 330 cm³/mol. The van der Waals surface area contributed by atoms with Crippen molar-refractivity contribution in [3.05, 3.63) is 111 Å². The minimum atomic E-state index is -0.671. The van der Waals surface area contributed by atoms with Gasteiger partial charge in [-0.05, 0) is 99.0 Å². The van der Waals surface area contributed by atoms with Crippen molar-refractivity contribution in [2.24, 2.45) is 11.8 Å². The number of nitrogens with zero attached hydrogens (tertiary/aromatic N) is 7. The molecule has 6 aliphatic rings.